The molecule has 1 aliphatic rings. The lowest BCUT2D eigenvalue weighted by Gasteiger charge is -2.18. The van der Waals surface area contributed by atoms with Crippen LogP contribution >= 0.6 is 0 Å². The van der Waals surface area contributed by atoms with Crippen molar-refractivity contribution in [1.29, 1.82) is 0 Å². The predicted octanol–water partition coefficient (Wildman–Crippen LogP) is 1.18. The number of likely N-dealkylation sites (N-methyl/N-ethyl adjacent to an activating group) is 1. The van der Waals surface area contributed by atoms with E-state index in [1.165, 1.54) is 0 Å². The van der Waals surface area contributed by atoms with Gasteiger partial charge in [0.1, 0.15) is 0 Å². The van der Waals surface area contributed by atoms with Gasteiger partial charge in [-0.1, -0.05) is 6.08 Å². The van der Waals surface area contributed by atoms with Crippen LogP contribution in [-0.4, -0.2) is 24.8 Å². The van der Waals surface area contributed by atoms with Gasteiger partial charge in [-0.3, -0.25) is 4.79 Å². The molecule has 10 heavy (non-hydrogen) atoms. The summed E-state index contributed by atoms with van der Waals surface area (Å²) >= 11 is 0. The zero-order valence-electron chi connectivity index (χ0n) is 6.55. The Labute approximate surface area is 61.5 Å². The molecule has 56 valence electrons. The number of ketones is 1. The van der Waals surface area contributed by atoms with E-state index in [0.29, 0.717) is 0 Å². The summed E-state index contributed by atoms with van der Waals surface area (Å²) in [6, 6.07) is 0. The largest absolute Gasteiger partial charge is 0.375 e. The normalized spacial score (nSPS) is 18.6. The number of hydrogen-bond donors (Lipinski definition) is 0. The molecule has 0 aromatic carbocycles. The zero-order chi connectivity index (χ0) is 7.56. The van der Waals surface area contributed by atoms with E-state index in [2.05, 4.69) is 0 Å². The highest BCUT2D eigenvalue weighted by Gasteiger charge is 2.13. The highest BCUT2D eigenvalue weighted by atomic mass is 16.1. The Kier molecular flexibility index (Phi) is 2.10. The van der Waals surface area contributed by atoms with Crippen LogP contribution in [0.25, 0.3) is 0 Å². The number of carbonyl (C=O) groups excluding carboxylic acids is 1. The third-order valence-electron chi connectivity index (χ3n) is 1.71. The fraction of sp³-hybridized carbons (Fsp3) is 0.625. The molecule has 0 fully saturated rings. The third-order valence-corrected chi connectivity index (χ3v) is 1.71. The molecule has 0 aromatic rings. The zero-order valence-corrected chi connectivity index (χ0v) is 6.55. The van der Waals surface area contributed by atoms with Crippen molar-refractivity contribution in [3.8, 4) is 0 Å². The lowest BCUT2D eigenvalue weighted by Crippen LogP contribution is -2.21. The molecule has 0 heterocycles. The van der Waals surface area contributed by atoms with E-state index in [1.54, 1.807) is 0 Å². The molecule has 0 atom stereocenters. The van der Waals surface area contributed by atoms with Crippen LogP contribution in [-0.2, 0) is 4.79 Å². The molecule has 0 saturated heterocycles. The Bertz CT molecular complexity index is 170. The van der Waals surface area contributed by atoms with Crippen molar-refractivity contribution >= 4 is 5.78 Å². The Morgan fingerprint density at radius 1 is 1.50 bits per heavy atom. The van der Waals surface area contributed by atoms with Gasteiger partial charge in [-0.05, 0) is 12.8 Å². The third kappa shape index (κ3) is 1.38. The molecular formula is C8H13NO. The summed E-state index contributed by atoms with van der Waals surface area (Å²) in [5.74, 6) is 0.288. The molecule has 1 aliphatic carbocycles. The molecule has 0 bridgehead atoms. The van der Waals surface area contributed by atoms with Crippen LogP contribution in [0.2, 0.25) is 0 Å². The molecule has 0 saturated carbocycles. The molecule has 0 amide bonds. The molecule has 2 heteroatoms. The van der Waals surface area contributed by atoms with E-state index in [1.807, 2.05) is 25.1 Å². The molecule has 2 nitrogen and oxygen atoms in total. The molecule has 0 aliphatic heterocycles. The first-order valence-corrected chi connectivity index (χ1v) is 3.62. The summed E-state index contributed by atoms with van der Waals surface area (Å²) in [7, 11) is 3.82. The van der Waals surface area contributed by atoms with Gasteiger partial charge < -0.3 is 4.90 Å². The number of rotatable bonds is 1. The van der Waals surface area contributed by atoms with Crippen molar-refractivity contribution < 1.29 is 4.79 Å². The fourth-order valence-corrected chi connectivity index (χ4v) is 1.18. The highest BCUT2D eigenvalue weighted by Crippen LogP contribution is 2.14. The van der Waals surface area contributed by atoms with E-state index in [0.717, 1.165) is 25.0 Å². The maximum atomic E-state index is 11.1. The van der Waals surface area contributed by atoms with Gasteiger partial charge >= 0.3 is 0 Å². The van der Waals surface area contributed by atoms with Gasteiger partial charge in [-0.2, -0.15) is 0 Å². The van der Waals surface area contributed by atoms with Gasteiger partial charge in [0.2, 0.25) is 0 Å². The van der Waals surface area contributed by atoms with Crippen molar-refractivity contribution in [1.82, 2.24) is 4.90 Å². The maximum Gasteiger partial charge on any atom is 0.178 e. The number of allylic oxidation sites excluding steroid dienone is 2. The smallest absolute Gasteiger partial charge is 0.178 e. The van der Waals surface area contributed by atoms with E-state index >= 15 is 0 Å². The summed E-state index contributed by atoms with van der Waals surface area (Å²) in [6.45, 7) is 0. The Balaban J connectivity index is 2.71. The topological polar surface area (TPSA) is 20.3 Å². The van der Waals surface area contributed by atoms with Crippen molar-refractivity contribution in [2.75, 3.05) is 14.1 Å². The van der Waals surface area contributed by atoms with Crippen LogP contribution in [0.1, 0.15) is 19.3 Å². The van der Waals surface area contributed by atoms with Crippen molar-refractivity contribution in [2.24, 2.45) is 0 Å². The number of hydrogen-bond acceptors (Lipinski definition) is 2. The minimum atomic E-state index is 0.288. The molecular weight excluding hydrogens is 126 g/mol. The quantitative estimate of drug-likeness (QED) is 0.543. The summed E-state index contributed by atoms with van der Waals surface area (Å²) in [6.07, 6.45) is 4.82. The second-order valence-electron chi connectivity index (χ2n) is 2.80. The fourth-order valence-electron chi connectivity index (χ4n) is 1.18. The number of nitrogens with zero attached hydrogens (tertiary/aromatic N) is 1. The van der Waals surface area contributed by atoms with Crippen LogP contribution in [0.15, 0.2) is 11.8 Å². The first kappa shape index (κ1) is 7.32. The Hall–Kier alpha value is -0.790. The van der Waals surface area contributed by atoms with Crippen molar-refractivity contribution in [3.63, 3.8) is 0 Å². The van der Waals surface area contributed by atoms with Crippen LogP contribution in [0.5, 0.6) is 0 Å². The van der Waals surface area contributed by atoms with E-state index < -0.39 is 0 Å². The number of Topliss-reactive ketones (excluding diaryl/α,β-unsaturated/α-hetero) is 1. The summed E-state index contributed by atoms with van der Waals surface area (Å²) in [4.78, 5) is 13.0. The minimum Gasteiger partial charge on any atom is -0.375 e. The van der Waals surface area contributed by atoms with Crippen LogP contribution in [0.4, 0.5) is 0 Å². The van der Waals surface area contributed by atoms with Crippen LogP contribution < -0.4 is 0 Å². The van der Waals surface area contributed by atoms with Gasteiger partial charge in [-0.25, -0.2) is 0 Å². The Morgan fingerprint density at radius 3 is 2.60 bits per heavy atom. The van der Waals surface area contributed by atoms with Gasteiger partial charge in [0.15, 0.2) is 5.78 Å². The molecule has 0 spiro atoms. The second-order valence-corrected chi connectivity index (χ2v) is 2.80. The molecule has 1 rings (SSSR count). The Morgan fingerprint density at radius 2 is 2.20 bits per heavy atom. The van der Waals surface area contributed by atoms with E-state index in [4.69, 9.17) is 0 Å². The minimum absolute atomic E-state index is 0.288. The lowest BCUT2D eigenvalue weighted by atomic mass is 10.0. The summed E-state index contributed by atoms with van der Waals surface area (Å²) in [5, 5.41) is 0. The number of carbonyl (C=O) groups is 1. The molecule has 0 unspecified atom stereocenters. The van der Waals surface area contributed by atoms with Crippen LogP contribution in [0, 0.1) is 0 Å². The monoisotopic (exact) mass is 139 g/mol. The van der Waals surface area contributed by atoms with Gasteiger partial charge in [-0.15, -0.1) is 0 Å². The average molecular weight is 139 g/mol. The summed E-state index contributed by atoms with van der Waals surface area (Å²) < 4.78 is 0. The average Bonchev–Trinajstić information content (AvgIpc) is 1.88. The van der Waals surface area contributed by atoms with Gasteiger partial charge in [0.05, 0.1) is 5.70 Å². The predicted molar refractivity (Wildman–Crippen MR) is 40.6 cm³/mol. The van der Waals surface area contributed by atoms with E-state index in [9.17, 15) is 4.79 Å². The first-order chi connectivity index (χ1) is 4.72. The summed E-state index contributed by atoms with van der Waals surface area (Å²) in [5.41, 5.74) is 0.881. The van der Waals surface area contributed by atoms with Crippen LogP contribution in [0.3, 0.4) is 0 Å². The molecule has 0 radical (unpaired) electrons. The SMILES string of the molecule is CN(C)C1=CCCCC1=O. The van der Waals surface area contributed by atoms with Crippen molar-refractivity contribution in [3.05, 3.63) is 11.8 Å². The second kappa shape index (κ2) is 2.86. The van der Waals surface area contributed by atoms with E-state index in [-0.39, 0.29) is 5.78 Å². The molecule has 0 aromatic heterocycles. The molecule has 0 N–H and O–H groups in total. The van der Waals surface area contributed by atoms with Gasteiger partial charge in [0, 0.05) is 20.5 Å². The van der Waals surface area contributed by atoms with Crippen molar-refractivity contribution in [2.45, 2.75) is 19.3 Å². The highest BCUT2D eigenvalue weighted by molar-refractivity contribution is 5.95. The van der Waals surface area contributed by atoms with Gasteiger partial charge in [0.25, 0.3) is 0 Å². The first-order valence-electron chi connectivity index (χ1n) is 3.62. The lowest BCUT2D eigenvalue weighted by molar-refractivity contribution is -0.117. The maximum absolute atomic E-state index is 11.1. The standard InChI is InChI=1S/C8H13NO/c1-9(2)7-5-3-4-6-8(7)10/h5H,3-4,6H2,1-2H3.